The van der Waals surface area contributed by atoms with Crippen molar-refractivity contribution in [3.63, 3.8) is 0 Å². The van der Waals surface area contributed by atoms with Crippen LogP contribution in [0.5, 0.6) is 0 Å². The van der Waals surface area contributed by atoms with Crippen molar-refractivity contribution in [3.05, 3.63) is 36.4 Å². The molecule has 1 aromatic heterocycles. The number of nitrogen functional groups attached to an aromatic ring is 1. The van der Waals surface area contributed by atoms with Crippen LogP contribution in [0.25, 0.3) is 11.4 Å². The number of aryl methyl sites for hydroxylation is 1. The van der Waals surface area contributed by atoms with Crippen LogP contribution in [0.3, 0.4) is 0 Å². The number of hydrogen-bond donors (Lipinski definition) is 1. The third-order valence-electron chi connectivity index (χ3n) is 2.06. The Morgan fingerprint density at radius 1 is 1.14 bits per heavy atom. The lowest BCUT2D eigenvalue weighted by atomic mass is 10.1. The Bertz CT molecular complexity index is 439. The number of nitrogens with two attached hydrogens (primary N) is 1. The van der Waals surface area contributed by atoms with Crippen molar-refractivity contribution in [2.75, 3.05) is 5.73 Å². The van der Waals surface area contributed by atoms with Crippen molar-refractivity contribution in [2.24, 2.45) is 0 Å². The third-order valence-corrected chi connectivity index (χ3v) is 2.06. The first-order chi connectivity index (χ1) is 6.79. The lowest BCUT2D eigenvalue weighted by Crippen LogP contribution is -1.96. The van der Waals surface area contributed by atoms with Crippen LogP contribution in [0.15, 0.2) is 30.9 Å². The summed E-state index contributed by atoms with van der Waals surface area (Å²) >= 11 is 0. The average molecular weight is 186 g/mol. The molecule has 0 spiro atoms. The van der Waals surface area contributed by atoms with Crippen molar-refractivity contribution in [1.82, 2.24) is 15.0 Å². The second-order valence-corrected chi connectivity index (χ2v) is 3.00. The largest absolute Gasteiger partial charge is 0.398 e. The minimum atomic E-state index is 0.612. The molecule has 0 fully saturated rings. The van der Waals surface area contributed by atoms with Crippen molar-refractivity contribution in [2.45, 2.75) is 6.92 Å². The van der Waals surface area contributed by atoms with Crippen LogP contribution in [0.2, 0.25) is 0 Å². The van der Waals surface area contributed by atoms with Crippen molar-refractivity contribution < 1.29 is 0 Å². The monoisotopic (exact) mass is 186 g/mol. The molecule has 0 saturated heterocycles. The molecule has 0 bridgehead atoms. The fourth-order valence-electron chi connectivity index (χ4n) is 1.25. The first kappa shape index (κ1) is 8.62. The molecule has 0 aliphatic heterocycles. The molecule has 2 aromatic rings. The van der Waals surface area contributed by atoms with E-state index in [-0.39, 0.29) is 0 Å². The number of hydrogen-bond acceptors (Lipinski definition) is 4. The zero-order valence-corrected chi connectivity index (χ0v) is 7.81. The molecule has 2 N–H and O–H groups in total. The number of nitrogens with zero attached hydrogens (tertiary/aromatic N) is 3. The fraction of sp³-hybridized carbons (Fsp3) is 0.100. The van der Waals surface area contributed by atoms with Crippen molar-refractivity contribution in [1.29, 1.82) is 0 Å². The first-order valence-corrected chi connectivity index (χ1v) is 4.26. The molecule has 0 atom stereocenters. The predicted molar refractivity (Wildman–Crippen MR) is 54.4 cm³/mol. The Kier molecular flexibility index (Phi) is 2.10. The molecular weight excluding hydrogens is 176 g/mol. The van der Waals surface area contributed by atoms with Gasteiger partial charge < -0.3 is 5.73 Å². The van der Waals surface area contributed by atoms with Crippen molar-refractivity contribution >= 4 is 5.69 Å². The average Bonchev–Trinajstić information content (AvgIpc) is 2.23. The molecule has 70 valence electrons. The summed E-state index contributed by atoms with van der Waals surface area (Å²) in [4.78, 5) is 11.9. The molecule has 0 unspecified atom stereocenters. The van der Waals surface area contributed by atoms with Gasteiger partial charge in [-0.25, -0.2) is 15.0 Å². The Morgan fingerprint density at radius 2 is 1.86 bits per heavy atom. The molecule has 0 radical (unpaired) electrons. The Labute approximate surface area is 81.9 Å². The molecule has 4 heteroatoms. The van der Waals surface area contributed by atoms with Gasteiger partial charge >= 0.3 is 0 Å². The van der Waals surface area contributed by atoms with Crippen LogP contribution in [-0.4, -0.2) is 15.0 Å². The minimum absolute atomic E-state index is 0.612. The van der Waals surface area contributed by atoms with E-state index in [9.17, 15) is 0 Å². The van der Waals surface area contributed by atoms with E-state index in [1.807, 2.05) is 25.1 Å². The van der Waals surface area contributed by atoms with Crippen LogP contribution in [0.4, 0.5) is 5.69 Å². The van der Waals surface area contributed by atoms with Crippen LogP contribution in [-0.2, 0) is 0 Å². The third kappa shape index (κ3) is 1.42. The Balaban J connectivity index is 2.58. The van der Waals surface area contributed by atoms with E-state index >= 15 is 0 Å². The van der Waals surface area contributed by atoms with Gasteiger partial charge in [0.1, 0.15) is 12.7 Å². The van der Waals surface area contributed by atoms with E-state index < -0.39 is 0 Å². The minimum Gasteiger partial charge on any atom is -0.398 e. The maximum absolute atomic E-state index is 5.91. The SMILES string of the molecule is Cc1cccc(-c2ncncn2)c1N. The summed E-state index contributed by atoms with van der Waals surface area (Å²) in [5.74, 6) is 0.612. The van der Waals surface area contributed by atoms with Gasteiger partial charge in [-0.15, -0.1) is 0 Å². The standard InChI is InChI=1S/C10H10N4/c1-7-3-2-4-8(9(7)11)10-13-5-12-6-14-10/h2-6H,11H2,1H3. The number of para-hydroxylation sites is 1. The van der Waals surface area contributed by atoms with E-state index in [1.54, 1.807) is 0 Å². The van der Waals surface area contributed by atoms with Crippen LogP contribution in [0, 0.1) is 6.92 Å². The quantitative estimate of drug-likeness (QED) is 0.684. The Morgan fingerprint density at radius 3 is 2.57 bits per heavy atom. The van der Waals surface area contributed by atoms with E-state index in [2.05, 4.69) is 15.0 Å². The normalized spacial score (nSPS) is 10.1. The van der Waals surface area contributed by atoms with Gasteiger partial charge in [-0.3, -0.25) is 0 Å². The zero-order chi connectivity index (χ0) is 9.97. The van der Waals surface area contributed by atoms with Crippen LogP contribution < -0.4 is 5.73 Å². The molecule has 1 heterocycles. The highest BCUT2D eigenvalue weighted by Gasteiger charge is 2.05. The number of anilines is 1. The van der Waals surface area contributed by atoms with Gasteiger partial charge in [0.25, 0.3) is 0 Å². The highest BCUT2D eigenvalue weighted by Crippen LogP contribution is 2.24. The molecule has 2 rings (SSSR count). The molecule has 14 heavy (non-hydrogen) atoms. The topological polar surface area (TPSA) is 64.7 Å². The second-order valence-electron chi connectivity index (χ2n) is 3.00. The lowest BCUT2D eigenvalue weighted by Gasteiger charge is -2.05. The summed E-state index contributed by atoms with van der Waals surface area (Å²) in [6, 6.07) is 5.79. The summed E-state index contributed by atoms with van der Waals surface area (Å²) in [5, 5.41) is 0. The van der Waals surface area contributed by atoms with Gasteiger partial charge in [-0.1, -0.05) is 12.1 Å². The highest BCUT2D eigenvalue weighted by molar-refractivity contribution is 5.73. The lowest BCUT2D eigenvalue weighted by molar-refractivity contribution is 1.06. The summed E-state index contributed by atoms with van der Waals surface area (Å²) in [5.41, 5.74) is 8.52. The Hall–Kier alpha value is -1.97. The number of benzene rings is 1. The molecule has 0 aliphatic carbocycles. The molecule has 4 nitrogen and oxygen atoms in total. The zero-order valence-electron chi connectivity index (χ0n) is 7.81. The molecule has 0 saturated carbocycles. The predicted octanol–water partition coefficient (Wildman–Crippen LogP) is 1.43. The van der Waals surface area contributed by atoms with Crippen LogP contribution >= 0.6 is 0 Å². The molecule has 0 amide bonds. The first-order valence-electron chi connectivity index (χ1n) is 4.26. The van der Waals surface area contributed by atoms with Crippen molar-refractivity contribution in [3.8, 4) is 11.4 Å². The second kappa shape index (κ2) is 3.41. The van der Waals surface area contributed by atoms with Crippen LogP contribution in [0.1, 0.15) is 5.56 Å². The van der Waals surface area contributed by atoms with Gasteiger partial charge in [0.15, 0.2) is 5.82 Å². The van der Waals surface area contributed by atoms with E-state index in [1.165, 1.54) is 12.7 Å². The maximum atomic E-state index is 5.91. The summed E-state index contributed by atoms with van der Waals surface area (Å²) < 4.78 is 0. The number of rotatable bonds is 1. The highest BCUT2D eigenvalue weighted by atomic mass is 15.0. The van der Waals surface area contributed by atoms with E-state index in [4.69, 9.17) is 5.73 Å². The summed E-state index contributed by atoms with van der Waals surface area (Å²) in [6.07, 6.45) is 2.92. The van der Waals surface area contributed by atoms with Gasteiger partial charge in [-0.2, -0.15) is 0 Å². The summed E-state index contributed by atoms with van der Waals surface area (Å²) in [6.45, 7) is 1.96. The van der Waals surface area contributed by atoms with Gasteiger partial charge in [-0.05, 0) is 18.6 Å². The van der Waals surface area contributed by atoms with E-state index in [0.717, 1.165) is 16.8 Å². The maximum Gasteiger partial charge on any atom is 0.164 e. The van der Waals surface area contributed by atoms with Gasteiger partial charge in [0.05, 0.1) is 0 Å². The van der Waals surface area contributed by atoms with Gasteiger partial charge in [0, 0.05) is 11.3 Å². The molecule has 0 aliphatic rings. The van der Waals surface area contributed by atoms with Gasteiger partial charge in [0.2, 0.25) is 0 Å². The number of aromatic nitrogens is 3. The van der Waals surface area contributed by atoms with E-state index in [0.29, 0.717) is 5.82 Å². The fourth-order valence-corrected chi connectivity index (χ4v) is 1.25. The smallest absolute Gasteiger partial charge is 0.164 e. The summed E-state index contributed by atoms with van der Waals surface area (Å²) in [7, 11) is 0. The molecule has 1 aromatic carbocycles. The molecular formula is C10H10N4.